The van der Waals surface area contributed by atoms with Gasteiger partial charge in [0, 0.05) is 39.6 Å². The number of hydrogen-bond donors (Lipinski definition) is 0. The fourth-order valence-electron chi connectivity index (χ4n) is 2.70. The number of halogens is 3. The van der Waals surface area contributed by atoms with E-state index in [1.807, 2.05) is 13.0 Å². The third-order valence-corrected chi connectivity index (χ3v) is 4.01. The minimum Gasteiger partial charge on any atom is -0.340 e. The van der Waals surface area contributed by atoms with Crippen LogP contribution in [0.2, 0.25) is 0 Å². The minimum atomic E-state index is -4.31. The number of piperazine rings is 1. The number of aryl methyl sites for hydroxylation is 1. The van der Waals surface area contributed by atoms with E-state index in [1.165, 1.54) is 19.1 Å². The molecule has 0 unspecified atom stereocenters. The van der Waals surface area contributed by atoms with Gasteiger partial charge in [0.1, 0.15) is 0 Å². The number of carbonyl (C=O) groups excluding carboxylic acids is 1. The van der Waals surface area contributed by atoms with Crippen LogP contribution in [0.3, 0.4) is 0 Å². The fraction of sp³-hybridized carbons (Fsp3) is 0.562. The average Bonchev–Trinajstić information content (AvgIpc) is 2.46. The Hall–Kier alpha value is -1.56. The van der Waals surface area contributed by atoms with E-state index in [4.69, 9.17) is 0 Å². The van der Waals surface area contributed by atoms with Gasteiger partial charge < -0.3 is 4.90 Å². The summed E-state index contributed by atoms with van der Waals surface area (Å²) in [6, 6.07) is 4.29. The molecule has 1 aromatic carbocycles. The zero-order valence-electron chi connectivity index (χ0n) is 12.9. The van der Waals surface area contributed by atoms with E-state index < -0.39 is 11.7 Å². The standard InChI is InChI=1S/C16H21F3N2O/c1-3-13-8-14(10-15(9-13)16(17,18)19)11-20-4-6-21(7-5-20)12(2)22/h8-10H,3-7,11H2,1-2H3. The van der Waals surface area contributed by atoms with Gasteiger partial charge in [-0.2, -0.15) is 13.2 Å². The Morgan fingerprint density at radius 1 is 1.09 bits per heavy atom. The molecule has 2 rings (SSSR count). The maximum atomic E-state index is 12.9. The highest BCUT2D eigenvalue weighted by atomic mass is 19.4. The third-order valence-electron chi connectivity index (χ3n) is 4.01. The molecule has 0 saturated carbocycles. The van der Waals surface area contributed by atoms with Gasteiger partial charge in [0.25, 0.3) is 0 Å². The molecule has 1 aromatic rings. The van der Waals surface area contributed by atoms with Crippen LogP contribution in [0.4, 0.5) is 13.2 Å². The molecule has 3 nitrogen and oxygen atoms in total. The average molecular weight is 314 g/mol. The number of alkyl halides is 3. The lowest BCUT2D eigenvalue weighted by Gasteiger charge is -2.34. The van der Waals surface area contributed by atoms with Crippen molar-refractivity contribution in [1.82, 2.24) is 9.80 Å². The van der Waals surface area contributed by atoms with Gasteiger partial charge in [-0.05, 0) is 29.7 Å². The molecule has 122 valence electrons. The normalized spacial score (nSPS) is 16.9. The number of hydrogen-bond acceptors (Lipinski definition) is 2. The summed E-state index contributed by atoms with van der Waals surface area (Å²) in [6.07, 6.45) is -3.73. The molecule has 6 heteroatoms. The van der Waals surface area contributed by atoms with Crippen LogP contribution in [0.1, 0.15) is 30.5 Å². The van der Waals surface area contributed by atoms with Crippen molar-refractivity contribution in [3.63, 3.8) is 0 Å². The minimum absolute atomic E-state index is 0.0481. The zero-order chi connectivity index (χ0) is 16.3. The van der Waals surface area contributed by atoms with Crippen molar-refractivity contribution in [2.45, 2.75) is 33.0 Å². The summed E-state index contributed by atoms with van der Waals surface area (Å²) in [5.74, 6) is 0.0481. The van der Waals surface area contributed by atoms with E-state index in [-0.39, 0.29) is 5.91 Å². The summed E-state index contributed by atoms with van der Waals surface area (Å²) in [5, 5.41) is 0. The van der Waals surface area contributed by atoms with Gasteiger partial charge in [-0.25, -0.2) is 0 Å². The van der Waals surface area contributed by atoms with Crippen LogP contribution in [-0.2, 0) is 23.9 Å². The largest absolute Gasteiger partial charge is 0.416 e. The SMILES string of the molecule is CCc1cc(CN2CCN(C(C)=O)CC2)cc(C(F)(F)F)c1. The van der Waals surface area contributed by atoms with Gasteiger partial charge in [-0.1, -0.05) is 13.0 Å². The highest BCUT2D eigenvalue weighted by Crippen LogP contribution is 2.31. The van der Waals surface area contributed by atoms with Gasteiger partial charge >= 0.3 is 6.18 Å². The second kappa shape index (κ2) is 6.69. The van der Waals surface area contributed by atoms with E-state index in [0.29, 0.717) is 50.3 Å². The molecule has 1 heterocycles. The van der Waals surface area contributed by atoms with Crippen LogP contribution in [0.25, 0.3) is 0 Å². The van der Waals surface area contributed by atoms with E-state index in [2.05, 4.69) is 4.90 Å². The van der Waals surface area contributed by atoms with E-state index in [9.17, 15) is 18.0 Å². The number of rotatable bonds is 3. The third kappa shape index (κ3) is 4.22. The van der Waals surface area contributed by atoms with E-state index >= 15 is 0 Å². The molecular weight excluding hydrogens is 293 g/mol. The molecule has 0 N–H and O–H groups in total. The predicted molar refractivity (Wildman–Crippen MR) is 78.4 cm³/mol. The lowest BCUT2D eigenvalue weighted by atomic mass is 10.0. The Kier molecular flexibility index (Phi) is 5.11. The maximum absolute atomic E-state index is 12.9. The summed E-state index contributed by atoms with van der Waals surface area (Å²) < 4.78 is 38.8. The molecule has 1 aliphatic rings. The Balaban J connectivity index is 2.08. The van der Waals surface area contributed by atoms with Gasteiger partial charge in [0.15, 0.2) is 0 Å². The molecule has 0 aromatic heterocycles. The second-order valence-electron chi connectivity index (χ2n) is 5.67. The number of carbonyl (C=O) groups is 1. The zero-order valence-corrected chi connectivity index (χ0v) is 12.9. The lowest BCUT2D eigenvalue weighted by Crippen LogP contribution is -2.47. The summed E-state index contributed by atoms with van der Waals surface area (Å²) in [6.45, 7) is 6.53. The van der Waals surface area contributed by atoms with Crippen molar-refractivity contribution in [3.8, 4) is 0 Å². The second-order valence-corrected chi connectivity index (χ2v) is 5.67. The molecule has 22 heavy (non-hydrogen) atoms. The van der Waals surface area contributed by atoms with Crippen molar-refractivity contribution < 1.29 is 18.0 Å². The van der Waals surface area contributed by atoms with Crippen molar-refractivity contribution in [3.05, 3.63) is 34.9 Å². The highest BCUT2D eigenvalue weighted by Gasteiger charge is 2.31. The smallest absolute Gasteiger partial charge is 0.340 e. The highest BCUT2D eigenvalue weighted by molar-refractivity contribution is 5.73. The van der Waals surface area contributed by atoms with E-state index in [0.717, 1.165) is 0 Å². The molecule has 1 amide bonds. The molecule has 1 fully saturated rings. The first kappa shape index (κ1) is 16.8. The van der Waals surface area contributed by atoms with Crippen molar-refractivity contribution in [1.29, 1.82) is 0 Å². The van der Waals surface area contributed by atoms with Crippen molar-refractivity contribution in [2.75, 3.05) is 26.2 Å². The molecule has 0 bridgehead atoms. The molecule has 0 radical (unpaired) electrons. The first-order valence-electron chi connectivity index (χ1n) is 7.47. The quantitative estimate of drug-likeness (QED) is 0.856. The molecular formula is C16H21F3N2O. The van der Waals surface area contributed by atoms with Crippen molar-refractivity contribution in [2.24, 2.45) is 0 Å². The maximum Gasteiger partial charge on any atom is 0.416 e. The van der Waals surface area contributed by atoms with Gasteiger partial charge in [-0.15, -0.1) is 0 Å². The number of amides is 1. The predicted octanol–water partition coefficient (Wildman–Crippen LogP) is 2.93. The van der Waals surface area contributed by atoms with Crippen LogP contribution in [0, 0.1) is 0 Å². The van der Waals surface area contributed by atoms with Gasteiger partial charge in [0.05, 0.1) is 5.56 Å². The summed E-state index contributed by atoms with van der Waals surface area (Å²) in [5.41, 5.74) is 0.805. The molecule has 0 atom stereocenters. The Labute approximate surface area is 128 Å². The van der Waals surface area contributed by atoms with Crippen LogP contribution in [0.15, 0.2) is 18.2 Å². The van der Waals surface area contributed by atoms with Crippen molar-refractivity contribution >= 4 is 5.91 Å². The number of nitrogens with zero attached hydrogens (tertiary/aromatic N) is 2. The lowest BCUT2D eigenvalue weighted by molar-refractivity contribution is -0.137. The molecule has 0 aliphatic carbocycles. The van der Waals surface area contributed by atoms with Gasteiger partial charge in [0.2, 0.25) is 5.91 Å². The molecule has 1 aliphatic heterocycles. The Bertz CT molecular complexity index is 535. The summed E-state index contributed by atoms with van der Waals surface area (Å²) in [4.78, 5) is 15.1. The first-order valence-corrected chi connectivity index (χ1v) is 7.47. The summed E-state index contributed by atoms with van der Waals surface area (Å²) in [7, 11) is 0. The monoisotopic (exact) mass is 314 g/mol. The summed E-state index contributed by atoms with van der Waals surface area (Å²) >= 11 is 0. The number of benzene rings is 1. The van der Waals surface area contributed by atoms with Crippen LogP contribution in [-0.4, -0.2) is 41.9 Å². The van der Waals surface area contributed by atoms with Crippen LogP contribution < -0.4 is 0 Å². The Morgan fingerprint density at radius 2 is 1.68 bits per heavy atom. The van der Waals surface area contributed by atoms with E-state index in [1.54, 1.807) is 4.90 Å². The molecule has 0 spiro atoms. The fourth-order valence-corrected chi connectivity index (χ4v) is 2.70. The van der Waals surface area contributed by atoms with Crippen LogP contribution >= 0.6 is 0 Å². The van der Waals surface area contributed by atoms with Crippen LogP contribution in [0.5, 0.6) is 0 Å². The first-order chi connectivity index (χ1) is 10.3. The Morgan fingerprint density at radius 3 is 2.18 bits per heavy atom. The van der Waals surface area contributed by atoms with Gasteiger partial charge in [-0.3, -0.25) is 9.69 Å². The topological polar surface area (TPSA) is 23.6 Å². The molecule has 1 saturated heterocycles.